The molecule has 71 heavy (non-hydrogen) atoms. The van der Waals surface area contributed by atoms with Crippen molar-refractivity contribution in [3.05, 3.63) is 273 Å². The Hall–Kier alpha value is -8.88. The quantitative estimate of drug-likeness (QED) is 0.107. The van der Waals surface area contributed by atoms with Crippen molar-refractivity contribution in [3.63, 3.8) is 0 Å². The summed E-state index contributed by atoms with van der Waals surface area (Å²) in [4.78, 5) is 5.10. The normalized spacial score (nSPS) is 11.7. The zero-order valence-corrected chi connectivity index (χ0v) is 39.6. The summed E-state index contributed by atoms with van der Waals surface area (Å²) in [6.45, 7) is 0. The maximum absolute atomic E-state index is 15.3. The lowest BCUT2D eigenvalue weighted by Crippen LogP contribution is -2.24. The fourth-order valence-corrected chi connectivity index (χ4v) is 13.3. The fraction of sp³-hybridized carbons (Fsp3) is 0. The van der Waals surface area contributed by atoms with Gasteiger partial charge in [-0.15, -0.1) is 0 Å². The molecule has 334 valence electrons. The maximum Gasteiger partial charge on any atom is 0.171 e. The van der Waals surface area contributed by atoms with Gasteiger partial charge in [-0.05, 0) is 119 Å². The molecule has 0 unspecified atom stereocenters. The minimum atomic E-state index is -3.13. The Morgan fingerprint density at radius 3 is 1.37 bits per heavy atom. The topological polar surface area (TPSA) is 34.9 Å². The third-order valence-electron chi connectivity index (χ3n) is 14.1. The van der Waals surface area contributed by atoms with E-state index >= 15 is 4.57 Å². The summed E-state index contributed by atoms with van der Waals surface area (Å²) in [7, 11) is -3.13. The van der Waals surface area contributed by atoms with E-state index in [4.69, 9.17) is 4.98 Å². The Bertz CT molecular complexity index is 4110. The van der Waals surface area contributed by atoms with Gasteiger partial charge in [-0.3, -0.25) is 4.57 Å². The molecule has 0 saturated heterocycles. The maximum atomic E-state index is 15.3. The summed E-state index contributed by atoms with van der Waals surface area (Å²) in [5.74, 6) is 0.919. The first-order chi connectivity index (χ1) is 35.1. The first kappa shape index (κ1) is 42.2. The average molecular weight is 925 g/mol. The Kier molecular flexibility index (Phi) is 10.5. The van der Waals surface area contributed by atoms with Crippen molar-refractivity contribution in [1.82, 2.24) is 9.55 Å². The van der Waals surface area contributed by atoms with E-state index in [0.29, 0.717) is 0 Å². The van der Waals surface area contributed by atoms with Crippen molar-refractivity contribution in [1.29, 1.82) is 0 Å². The van der Waals surface area contributed by atoms with Gasteiger partial charge in [0.2, 0.25) is 0 Å². The zero-order valence-electron chi connectivity index (χ0n) is 38.7. The molecule has 0 aliphatic carbocycles. The molecule has 4 heteroatoms. The van der Waals surface area contributed by atoms with Crippen LogP contribution in [0.1, 0.15) is 0 Å². The first-order valence-electron chi connectivity index (χ1n) is 24.1. The molecular formula is C67H45N2OP. The van der Waals surface area contributed by atoms with Gasteiger partial charge in [0, 0.05) is 27.2 Å². The second-order valence-electron chi connectivity index (χ2n) is 18.2. The van der Waals surface area contributed by atoms with Crippen LogP contribution in [0.2, 0.25) is 0 Å². The number of hydrogen-bond acceptors (Lipinski definition) is 2. The van der Waals surface area contributed by atoms with Crippen LogP contribution in [0.15, 0.2) is 273 Å². The highest BCUT2D eigenvalue weighted by molar-refractivity contribution is 7.85. The summed E-state index contributed by atoms with van der Waals surface area (Å²) in [6.07, 6.45) is 0. The number of aromatic nitrogens is 2. The van der Waals surface area contributed by atoms with Gasteiger partial charge >= 0.3 is 0 Å². The van der Waals surface area contributed by atoms with Crippen LogP contribution >= 0.6 is 7.14 Å². The molecule has 3 nitrogen and oxygen atoms in total. The number of imidazole rings is 1. The summed E-state index contributed by atoms with van der Waals surface area (Å²) in [6, 6.07) is 96.1. The van der Waals surface area contributed by atoms with Gasteiger partial charge in [-0.1, -0.05) is 231 Å². The van der Waals surface area contributed by atoms with Gasteiger partial charge in [0.15, 0.2) is 7.14 Å². The van der Waals surface area contributed by atoms with E-state index in [2.05, 4.69) is 205 Å². The predicted molar refractivity (Wildman–Crippen MR) is 300 cm³/mol. The van der Waals surface area contributed by atoms with E-state index in [9.17, 15) is 0 Å². The minimum absolute atomic E-state index is 0.811. The molecule has 1 heterocycles. The molecule has 0 aliphatic heterocycles. The highest BCUT2D eigenvalue weighted by atomic mass is 31.2. The molecule has 0 N–H and O–H groups in total. The Balaban J connectivity index is 0.986. The molecule has 0 amide bonds. The van der Waals surface area contributed by atoms with Crippen LogP contribution in [-0.4, -0.2) is 9.55 Å². The molecule has 1 aromatic heterocycles. The van der Waals surface area contributed by atoms with E-state index < -0.39 is 7.14 Å². The van der Waals surface area contributed by atoms with Crippen LogP contribution in [0, 0.1) is 0 Å². The van der Waals surface area contributed by atoms with Crippen LogP contribution in [-0.2, 0) is 4.57 Å². The Morgan fingerprint density at radius 1 is 0.310 bits per heavy atom. The lowest BCUT2D eigenvalue weighted by Gasteiger charge is -2.21. The second-order valence-corrected chi connectivity index (χ2v) is 21.0. The van der Waals surface area contributed by atoms with Crippen LogP contribution in [0.3, 0.4) is 0 Å². The smallest absolute Gasteiger partial charge is 0.171 e. The van der Waals surface area contributed by atoms with E-state index in [1.165, 1.54) is 43.4 Å². The molecule has 0 bridgehead atoms. The fourth-order valence-electron chi connectivity index (χ4n) is 10.6. The Labute approximate surface area is 413 Å². The minimum Gasteiger partial charge on any atom is -0.309 e. The van der Waals surface area contributed by atoms with Crippen LogP contribution in [0.5, 0.6) is 0 Å². The number of rotatable bonds is 9. The highest BCUT2D eigenvalue weighted by Gasteiger charge is 2.29. The highest BCUT2D eigenvalue weighted by Crippen LogP contribution is 2.47. The summed E-state index contributed by atoms with van der Waals surface area (Å²) in [5, 5.41) is 9.59. The molecule has 0 atom stereocenters. The van der Waals surface area contributed by atoms with Crippen LogP contribution in [0.25, 0.3) is 105 Å². The van der Waals surface area contributed by atoms with E-state index in [1.54, 1.807) is 0 Å². The third-order valence-corrected chi connectivity index (χ3v) is 17.1. The van der Waals surface area contributed by atoms with Crippen LogP contribution in [0.4, 0.5) is 0 Å². The molecule has 0 radical (unpaired) electrons. The molecule has 12 aromatic carbocycles. The summed E-state index contributed by atoms with van der Waals surface area (Å²) >= 11 is 0. The molecule has 0 aliphatic rings. The van der Waals surface area contributed by atoms with Gasteiger partial charge in [0.05, 0.1) is 11.0 Å². The molecule has 13 aromatic rings. The van der Waals surface area contributed by atoms with E-state index in [-0.39, 0.29) is 0 Å². The molecule has 13 rings (SSSR count). The monoisotopic (exact) mass is 924 g/mol. The number of benzene rings is 12. The van der Waals surface area contributed by atoms with E-state index in [1.807, 2.05) is 72.8 Å². The molecule has 0 spiro atoms. The van der Waals surface area contributed by atoms with Gasteiger partial charge < -0.3 is 4.57 Å². The standard InChI is InChI=1S/C67H45N2OP/c70-71(56-23-9-3-10-24-56,57-25-11-4-12-26-57)58-39-33-48(34-40-58)53-35-41-59-62(45-53)66(54-30-29-46-17-13-14-22-51(46)43-54)60-42-36-52(44-61(60)65(59)49-18-5-1-6-19-49)47-31-37-55(38-32-47)69-64-28-16-15-27-63(64)68-67(69)50-20-7-2-8-21-50/h1-45H. The van der Waals surface area contributed by atoms with Gasteiger partial charge in [0.25, 0.3) is 0 Å². The predicted octanol–water partition coefficient (Wildman–Crippen LogP) is 16.5. The molecule has 0 fully saturated rings. The summed E-state index contributed by atoms with van der Waals surface area (Å²) < 4.78 is 17.6. The lowest BCUT2D eigenvalue weighted by molar-refractivity contribution is 0.592. The first-order valence-corrected chi connectivity index (χ1v) is 25.8. The second kappa shape index (κ2) is 17.6. The average Bonchev–Trinajstić information content (AvgIpc) is 3.85. The number of fused-ring (bicyclic) bond motifs is 4. The lowest BCUT2D eigenvalue weighted by atomic mass is 9.83. The number of para-hydroxylation sites is 2. The van der Waals surface area contributed by atoms with E-state index in [0.717, 1.165) is 77.4 Å². The third kappa shape index (κ3) is 7.38. The van der Waals surface area contributed by atoms with Gasteiger partial charge in [-0.2, -0.15) is 0 Å². The largest absolute Gasteiger partial charge is 0.309 e. The zero-order chi connectivity index (χ0) is 47.3. The van der Waals surface area contributed by atoms with Crippen molar-refractivity contribution in [2.24, 2.45) is 0 Å². The molecule has 0 saturated carbocycles. The van der Waals surface area contributed by atoms with Gasteiger partial charge in [0.1, 0.15) is 5.82 Å². The number of nitrogens with zero attached hydrogens (tertiary/aromatic N) is 2. The van der Waals surface area contributed by atoms with Crippen LogP contribution < -0.4 is 15.9 Å². The van der Waals surface area contributed by atoms with Crippen molar-refractivity contribution in [2.45, 2.75) is 0 Å². The molecular weight excluding hydrogens is 880 g/mol. The Morgan fingerprint density at radius 2 is 0.761 bits per heavy atom. The summed E-state index contributed by atoms with van der Waals surface area (Å²) in [5.41, 5.74) is 13.3. The van der Waals surface area contributed by atoms with Gasteiger partial charge in [-0.25, -0.2) is 4.98 Å². The van der Waals surface area contributed by atoms with Crippen molar-refractivity contribution < 1.29 is 4.57 Å². The number of hydrogen-bond donors (Lipinski definition) is 0. The van der Waals surface area contributed by atoms with Crippen molar-refractivity contribution in [3.8, 4) is 61.6 Å². The van der Waals surface area contributed by atoms with Crippen molar-refractivity contribution >= 4 is 66.4 Å². The SMILES string of the molecule is O=P(c1ccccc1)(c1ccccc1)c1ccc(-c2ccc3c(-c4ccccc4)c4cc(-c5ccc(-n6c(-c7ccccc7)nc7ccccc76)cc5)ccc4c(-c4ccc5ccccc5c4)c3c2)cc1. The van der Waals surface area contributed by atoms with Crippen molar-refractivity contribution in [2.75, 3.05) is 0 Å².